The molecule has 7 heteroatoms. The SMILES string of the molecule is CC(C)(C)OC(=O)N1CCN(C2(C)CC=C(B3OC(C)(C)C(C)(C)O3)CC2)CC1. The lowest BCUT2D eigenvalue weighted by Crippen LogP contribution is -2.57. The normalized spacial score (nSPS) is 30.3. The molecule has 0 spiro atoms. The van der Waals surface area contributed by atoms with E-state index in [9.17, 15) is 4.79 Å². The fourth-order valence-electron chi connectivity index (χ4n) is 4.22. The van der Waals surface area contributed by atoms with Crippen LogP contribution in [0, 0.1) is 0 Å². The number of ether oxygens (including phenoxy) is 1. The smallest absolute Gasteiger partial charge is 0.444 e. The molecule has 6 nitrogen and oxygen atoms in total. The highest BCUT2D eigenvalue weighted by Gasteiger charge is 2.53. The third-order valence-electron chi connectivity index (χ3n) is 7.01. The molecular formula is C22H39BN2O4. The van der Waals surface area contributed by atoms with Crippen molar-refractivity contribution in [2.75, 3.05) is 26.2 Å². The van der Waals surface area contributed by atoms with Crippen LogP contribution in [0.1, 0.15) is 74.7 Å². The van der Waals surface area contributed by atoms with Gasteiger partial charge in [-0.25, -0.2) is 4.79 Å². The van der Waals surface area contributed by atoms with Crippen molar-refractivity contribution in [3.63, 3.8) is 0 Å². The highest BCUT2D eigenvalue weighted by atomic mass is 16.7. The maximum atomic E-state index is 12.3. The molecule has 1 aliphatic carbocycles. The van der Waals surface area contributed by atoms with Crippen molar-refractivity contribution < 1.29 is 18.8 Å². The number of allylic oxidation sites excluding steroid dienone is 1. The second-order valence-electron chi connectivity index (χ2n) is 11.0. The molecule has 2 fully saturated rings. The summed E-state index contributed by atoms with van der Waals surface area (Å²) in [4.78, 5) is 16.7. The molecule has 1 amide bonds. The van der Waals surface area contributed by atoms with Crippen molar-refractivity contribution in [3.05, 3.63) is 11.5 Å². The van der Waals surface area contributed by atoms with Gasteiger partial charge in [0.1, 0.15) is 5.60 Å². The van der Waals surface area contributed by atoms with Gasteiger partial charge in [0, 0.05) is 31.7 Å². The van der Waals surface area contributed by atoms with Gasteiger partial charge in [0.15, 0.2) is 0 Å². The van der Waals surface area contributed by atoms with Crippen LogP contribution in [0.2, 0.25) is 0 Å². The summed E-state index contributed by atoms with van der Waals surface area (Å²) in [6.07, 6.45) is 5.17. The molecule has 0 saturated carbocycles. The second kappa shape index (κ2) is 7.58. The molecule has 29 heavy (non-hydrogen) atoms. The third-order valence-corrected chi connectivity index (χ3v) is 7.01. The Labute approximate surface area is 177 Å². The van der Waals surface area contributed by atoms with E-state index in [4.69, 9.17) is 14.0 Å². The fraction of sp³-hybridized carbons (Fsp3) is 0.864. The van der Waals surface area contributed by atoms with Crippen molar-refractivity contribution in [1.29, 1.82) is 0 Å². The molecule has 164 valence electrons. The maximum Gasteiger partial charge on any atom is 0.490 e. The zero-order valence-electron chi connectivity index (χ0n) is 19.6. The molecule has 3 aliphatic rings. The number of hydrogen-bond acceptors (Lipinski definition) is 5. The molecule has 0 aromatic rings. The number of carbonyl (C=O) groups is 1. The van der Waals surface area contributed by atoms with Gasteiger partial charge in [0.05, 0.1) is 11.2 Å². The Balaban J connectivity index is 1.56. The molecule has 0 aromatic heterocycles. The number of piperazine rings is 1. The summed E-state index contributed by atoms with van der Waals surface area (Å²) in [5.41, 5.74) is 0.355. The van der Waals surface area contributed by atoms with Crippen LogP contribution in [-0.2, 0) is 14.0 Å². The Morgan fingerprint density at radius 3 is 2.03 bits per heavy atom. The number of carbonyl (C=O) groups excluding carboxylic acids is 1. The average molecular weight is 406 g/mol. The van der Waals surface area contributed by atoms with E-state index in [1.807, 2.05) is 25.7 Å². The van der Waals surface area contributed by atoms with E-state index in [1.54, 1.807) is 0 Å². The first-order valence-electron chi connectivity index (χ1n) is 11.0. The van der Waals surface area contributed by atoms with Crippen LogP contribution in [0.5, 0.6) is 0 Å². The summed E-state index contributed by atoms with van der Waals surface area (Å²) in [5, 5.41) is 0. The second-order valence-corrected chi connectivity index (χ2v) is 11.0. The quantitative estimate of drug-likeness (QED) is 0.648. The number of amides is 1. The molecule has 3 rings (SSSR count). The molecule has 0 bridgehead atoms. The van der Waals surface area contributed by atoms with Crippen molar-refractivity contribution in [1.82, 2.24) is 9.80 Å². The van der Waals surface area contributed by atoms with Crippen LogP contribution in [0.25, 0.3) is 0 Å². The van der Waals surface area contributed by atoms with Gasteiger partial charge in [-0.3, -0.25) is 4.90 Å². The maximum absolute atomic E-state index is 12.3. The van der Waals surface area contributed by atoms with E-state index in [2.05, 4.69) is 45.6 Å². The minimum absolute atomic E-state index is 0.118. The third kappa shape index (κ3) is 4.83. The van der Waals surface area contributed by atoms with Crippen molar-refractivity contribution in [3.8, 4) is 0 Å². The molecule has 0 N–H and O–H groups in total. The predicted molar refractivity (Wildman–Crippen MR) is 116 cm³/mol. The Morgan fingerprint density at radius 1 is 1.03 bits per heavy atom. The van der Waals surface area contributed by atoms with Crippen LogP contribution < -0.4 is 0 Å². The lowest BCUT2D eigenvalue weighted by atomic mass is 9.68. The number of hydrogen-bond donors (Lipinski definition) is 0. The van der Waals surface area contributed by atoms with E-state index in [1.165, 1.54) is 5.47 Å². The first kappa shape index (κ1) is 22.6. The zero-order chi connectivity index (χ0) is 21.7. The first-order chi connectivity index (χ1) is 13.2. The standard InChI is InChI=1S/C22H39BN2O4/c1-19(2,3)27-18(26)24-13-15-25(16-14-24)22(8)11-9-17(10-12-22)23-28-20(4,5)21(6,7)29-23/h9H,10-16H2,1-8H3. The van der Waals surface area contributed by atoms with Crippen molar-refractivity contribution in [2.45, 2.75) is 97.0 Å². The van der Waals surface area contributed by atoms with Gasteiger partial charge in [0.25, 0.3) is 0 Å². The monoisotopic (exact) mass is 406 g/mol. The van der Waals surface area contributed by atoms with E-state index in [0.717, 1.165) is 45.4 Å². The van der Waals surface area contributed by atoms with Gasteiger partial charge in [-0.05, 0) is 80.1 Å². The van der Waals surface area contributed by atoms with Gasteiger partial charge in [-0.1, -0.05) is 6.08 Å². The summed E-state index contributed by atoms with van der Waals surface area (Å²) in [7, 11) is -0.228. The number of rotatable bonds is 2. The van der Waals surface area contributed by atoms with Gasteiger partial charge in [-0.15, -0.1) is 0 Å². The Morgan fingerprint density at radius 2 is 1.59 bits per heavy atom. The van der Waals surface area contributed by atoms with E-state index in [-0.39, 0.29) is 30.0 Å². The molecule has 2 heterocycles. The number of nitrogens with zero attached hydrogens (tertiary/aromatic N) is 2. The van der Waals surface area contributed by atoms with Crippen LogP contribution in [0.4, 0.5) is 4.79 Å². The summed E-state index contributed by atoms with van der Waals surface area (Å²) in [5.74, 6) is 0. The lowest BCUT2D eigenvalue weighted by Gasteiger charge is -2.47. The van der Waals surface area contributed by atoms with Crippen LogP contribution >= 0.6 is 0 Å². The minimum atomic E-state index is -0.446. The van der Waals surface area contributed by atoms with E-state index in [0.29, 0.717) is 0 Å². The largest absolute Gasteiger partial charge is 0.490 e. The molecule has 0 radical (unpaired) electrons. The molecule has 2 saturated heterocycles. The van der Waals surface area contributed by atoms with E-state index < -0.39 is 5.60 Å². The van der Waals surface area contributed by atoms with Crippen LogP contribution in [0.15, 0.2) is 11.5 Å². The molecule has 1 atom stereocenters. The first-order valence-corrected chi connectivity index (χ1v) is 11.0. The Bertz CT molecular complexity index is 646. The fourth-order valence-corrected chi connectivity index (χ4v) is 4.22. The Kier molecular flexibility index (Phi) is 5.91. The average Bonchev–Trinajstić information content (AvgIpc) is 2.82. The summed E-state index contributed by atoms with van der Waals surface area (Å²) < 4.78 is 18.0. The molecule has 2 aliphatic heterocycles. The van der Waals surface area contributed by atoms with Gasteiger partial charge in [-0.2, -0.15) is 0 Å². The van der Waals surface area contributed by atoms with Crippen molar-refractivity contribution in [2.24, 2.45) is 0 Å². The van der Waals surface area contributed by atoms with Crippen LogP contribution in [-0.4, -0.2) is 71.5 Å². The van der Waals surface area contributed by atoms with Crippen molar-refractivity contribution >= 4 is 13.2 Å². The van der Waals surface area contributed by atoms with Gasteiger partial charge >= 0.3 is 13.2 Å². The van der Waals surface area contributed by atoms with E-state index >= 15 is 0 Å². The molecule has 0 aromatic carbocycles. The summed E-state index contributed by atoms with van der Waals surface area (Å²) in [6, 6.07) is 0. The summed E-state index contributed by atoms with van der Waals surface area (Å²) >= 11 is 0. The van der Waals surface area contributed by atoms with Gasteiger partial charge in [0.2, 0.25) is 0 Å². The highest BCUT2D eigenvalue weighted by molar-refractivity contribution is 6.54. The Hall–Kier alpha value is -1.05. The van der Waals surface area contributed by atoms with Crippen LogP contribution in [0.3, 0.4) is 0 Å². The minimum Gasteiger partial charge on any atom is -0.444 e. The lowest BCUT2D eigenvalue weighted by molar-refractivity contribution is -0.00264. The molecular weight excluding hydrogens is 367 g/mol. The predicted octanol–water partition coefficient (Wildman–Crippen LogP) is 4.04. The zero-order valence-corrected chi connectivity index (χ0v) is 19.6. The highest BCUT2D eigenvalue weighted by Crippen LogP contribution is 2.42. The topological polar surface area (TPSA) is 51.2 Å². The summed E-state index contributed by atoms with van der Waals surface area (Å²) in [6.45, 7) is 19.7. The van der Waals surface area contributed by atoms with Gasteiger partial charge < -0.3 is 18.9 Å². The molecule has 1 unspecified atom stereocenters.